The van der Waals surface area contributed by atoms with Crippen molar-refractivity contribution in [1.82, 2.24) is 9.88 Å². The molecule has 0 bridgehead atoms. The largest absolute Gasteiger partial charge is 0.360 e. The molecule has 2 N–H and O–H groups in total. The predicted octanol–water partition coefficient (Wildman–Crippen LogP) is 3.73. The number of nitrogens with one attached hydrogen (secondary N) is 2. The number of rotatable bonds is 8. The summed E-state index contributed by atoms with van der Waals surface area (Å²) in [5.74, 6) is -1.12. The van der Waals surface area contributed by atoms with E-state index in [2.05, 4.69) is 9.71 Å². The number of aromatic nitrogens is 1. The third kappa shape index (κ3) is 4.77. The van der Waals surface area contributed by atoms with Crippen molar-refractivity contribution in [3.05, 3.63) is 70.3 Å². The van der Waals surface area contributed by atoms with E-state index in [-0.39, 0.29) is 21.5 Å². The van der Waals surface area contributed by atoms with Gasteiger partial charge in [0.05, 0.1) is 10.6 Å². The van der Waals surface area contributed by atoms with Crippen LogP contribution < -0.4 is 10.2 Å². The summed E-state index contributed by atoms with van der Waals surface area (Å²) < 4.78 is 41.5. The molecule has 0 radical (unpaired) electrons. The van der Waals surface area contributed by atoms with E-state index in [9.17, 15) is 22.4 Å². The maximum atomic E-state index is 13.9. The molecular formula is C22H24FN3O4S. The lowest BCUT2D eigenvalue weighted by atomic mass is 10.1. The Morgan fingerprint density at radius 2 is 1.90 bits per heavy atom. The van der Waals surface area contributed by atoms with Crippen molar-refractivity contribution in [1.29, 1.82) is 0 Å². The van der Waals surface area contributed by atoms with Crippen LogP contribution in [0.25, 0.3) is 10.9 Å². The molecule has 0 aliphatic rings. The van der Waals surface area contributed by atoms with Crippen molar-refractivity contribution in [3.8, 4) is 0 Å². The molecule has 1 amide bonds. The van der Waals surface area contributed by atoms with Gasteiger partial charge in [-0.05, 0) is 43.7 Å². The van der Waals surface area contributed by atoms with Gasteiger partial charge in [0, 0.05) is 30.2 Å². The van der Waals surface area contributed by atoms with Crippen LogP contribution in [-0.2, 0) is 10.0 Å². The van der Waals surface area contributed by atoms with Crippen LogP contribution >= 0.6 is 0 Å². The Balaban J connectivity index is 2.01. The first-order chi connectivity index (χ1) is 14.8. The van der Waals surface area contributed by atoms with E-state index in [1.807, 2.05) is 13.8 Å². The second kappa shape index (κ2) is 9.30. The Morgan fingerprint density at radius 1 is 1.16 bits per heavy atom. The number of hydrogen-bond donors (Lipinski definition) is 2. The molecule has 3 aromatic rings. The van der Waals surface area contributed by atoms with Crippen LogP contribution in [0.3, 0.4) is 0 Å². The molecule has 0 fully saturated rings. The second-order valence-electron chi connectivity index (χ2n) is 7.06. The molecule has 1 heterocycles. The first-order valence-electron chi connectivity index (χ1n) is 10.0. The zero-order valence-electron chi connectivity index (χ0n) is 17.3. The zero-order valence-corrected chi connectivity index (χ0v) is 18.1. The monoisotopic (exact) mass is 445 g/mol. The van der Waals surface area contributed by atoms with Gasteiger partial charge in [0.15, 0.2) is 0 Å². The quantitative estimate of drug-likeness (QED) is 0.552. The number of carbonyl (C=O) groups excluding carboxylic acids is 1. The number of hydrogen-bond acceptors (Lipinski definition) is 4. The molecule has 1 aromatic heterocycles. The van der Waals surface area contributed by atoms with Crippen molar-refractivity contribution in [2.24, 2.45) is 0 Å². The van der Waals surface area contributed by atoms with Crippen LogP contribution in [0, 0.1) is 5.82 Å². The lowest BCUT2D eigenvalue weighted by molar-refractivity contribution is 0.0761. The minimum atomic E-state index is -4.15. The Morgan fingerprint density at radius 3 is 2.58 bits per heavy atom. The second-order valence-corrected chi connectivity index (χ2v) is 8.74. The third-order valence-electron chi connectivity index (χ3n) is 4.96. The molecule has 0 aliphatic heterocycles. The van der Waals surface area contributed by atoms with Crippen LogP contribution in [0.2, 0.25) is 0 Å². The van der Waals surface area contributed by atoms with Gasteiger partial charge in [-0.25, -0.2) is 12.8 Å². The number of H-pyrrole nitrogens is 1. The highest BCUT2D eigenvalue weighted by molar-refractivity contribution is 7.92. The van der Waals surface area contributed by atoms with Crippen molar-refractivity contribution < 1.29 is 17.6 Å². The Kier molecular flexibility index (Phi) is 6.74. The molecular weight excluding hydrogens is 421 g/mol. The summed E-state index contributed by atoms with van der Waals surface area (Å²) in [4.78, 5) is 30.1. The minimum absolute atomic E-state index is 0.0536. The van der Waals surface area contributed by atoms with Crippen molar-refractivity contribution in [2.75, 3.05) is 17.8 Å². The molecule has 9 heteroatoms. The van der Waals surface area contributed by atoms with Gasteiger partial charge < -0.3 is 9.88 Å². The molecule has 0 spiro atoms. The van der Waals surface area contributed by atoms with Gasteiger partial charge in [0.2, 0.25) is 5.43 Å². The highest BCUT2D eigenvalue weighted by Crippen LogP contribution is 2.21. The van der Waals surface area contributed by atoms with E-state index in [1.54, 1.807) is 4.90 Å². The fourth-order valence-corrected chi connectivity index (χ4v) is 4.29. The van der Waals surface area contributed by atoms with Gasteiger partial charge in [-0.15, -0.1) is 0 Å². The van der Waals surface area contributed by atoms with Crippen LogP contribution in [0.1, 0.15) is 37.0 Å². The fraction of sp³-hybridized carbons (Fsp3) is 0.273. The topological polar surface area (TPSA) is 99.3 Å². The summed E-state index contributed by atoms with van der Waals surface area (Å²) in [6.07, 6.45) is 3.08. The predicted molar refractivity (Wildman–Crippen MR) is 118 cm³/mol. The lowest BCUT2D eigenvalue weighted by Gasteiger charge is -2.20. The van der Waals surface area contributed by atoms with Crippen molar-refractivity contribution in [2.45, 2.75) is 31.6 Å². The molecule has 0 saturated carbocycles. The summed E-state index contributed by atoms with van der Waals surface area (Å²) in [5, 5.41) is 0.0637. The molecule has 7 nitrogen and oxygen atoms in total. The molecule has 2 aromatic carbocycles. The summed E-state index contributed by atoms with van der Waals surface area (Å²) in [7, 11) is -4.15. The van der Waals surface area contributed by atoms with Gasteiger partial charge in [-0.1, -0.05) is 25.5 Å². The maximum Gasteiger partial charge on any atom is 0.262 e. The van der Waals surface area contributed by atoms with Gasteiger partial charge in [0.25, 0.3) is 15.9 Å². The van der Waals surface area contributed by atoms with Crippen LogP contribution in [0.4, 0.5) is 10.1 Å². The normalized spacial score (nSPS) is 11.5. The number of fused-ring (bicyclic) bond motifs is 1. The summed E-state index contributed by atoms with van der Waals surface area (Å²) >= 11 is 0. The fourth-order valence-electron chi connectivity index (χ4n) is 3.19. The van der Waals surface area contributed by atoms with E-state index in [0.29, 0.717) is 18.6 Å². The molecule has 0 aliphatic carbocycles. The number of para-hydroxylation sites is 1. The molecule has 31 heavy (non-hydrogen) atoms. The number of aromatic amines is 1. The molecule has 0 saturated heterocycles. The van der Waals surface area contributed by atoms with Crippen LogP contribution in [0.5, 0.6) is 0 Å². The maximum absolute atomic E-state index is 13.9. The number of halogens is 1. The SMILES string of the molecule is CCCCN(CC)C(=O)c1c[nH]c2ccc(S(=O)(=O)Nc3ccccc3F)cc2c1=O. The Labute approximate surface area is 180 Å². The number of amides is 1. The molecule has 0 atom stereocenters. The van der Waals surface area contributed by atoms with Gasteiger partial charge in [-0.2, -0.15) is 0 Å². The van der Waals surface area contributed by atoms with E-state index in [1.165, 1.54) is 42.6 Å². The minimum Gasteiger partial charge on any atom is -0.360 e. The Bertz CT molecular complexity index is 1270. The number of unbranched alkanes of at least 4 members (excludes halogenated alkanes) is 1. The van der Waals surface area contributed by atoms with E-state index < -0.39 is 27.2 Å². The number of anilines is 1. The highest BCUT2D eigenvalue weighted by Gasteiger charge is 2.21. The van der Waals surface area contributed by atoms with Crippen molar-refractivity contribution in [3.63, 3.8) is 0 Å². The smallest absolute Gasteiger partial charge is 0.262 e. The van der Waals surface area contributed by atoms with Gasteiger partial charge >= 0.3 is 0 Å². The highest BCUT2D eigenvalue weighted by atomic mass is 32.2. The number of sulfonamides is 1. The standard InChI is InChI=1S/C22H24FN3O4S/c1-3-5-12-26(4-2)22(28)17-14-24-19-11-10-15(13-16(19)21(17)27)31(29,30)25-20-9-7-6-8-18(20)23/h6-11,13-14,25H,3-5,12H2,1-2H3,(H,24,27). The Hall–Kier alpha value is -3.20. The van der Waals surface area contributed by atoms with E-state index in [4.69, 9.17) is 0 Å². The molecule has 164 valence electrons. The lowest BCUT2D eigenvalue weighted by Crippen LogP contribution is -2.35. The first kappa shape index (κ1) is 22.5. The summed E-state index contributed by atoms with van der Waals surface area (Å²) in [5.41, 5.74) is -0.420. The molecule has 3 rings (SSSR count). The first-order valence-corrected chi connectivity index (χ1v) is 11.5. The van der Waals surface area contributed by atoms with Crippen LogP contribution in [0.15, 0.2) is 58.4 Å². The average molecular weight is 446 g/mol. The summed E-state index contributed by atoms with van der Waals surface area (Å²) in [6.45, 7) is 4.84. The third-order valence-corrected chi connectivity index (χ3v) is 6.32. The number of pyridine rings is 1. The van der Waals surface area contributed by atoms with Crippen LogP contribution in [-0.4, -0.2) is 37.3 Å². The summed E-state index contributed by atoms with van der Waals surface area (Å²) in [6, 6.07) is 9.32. The van der Waals surface area contributed by atoms with E-state index >= 15 is 0 Å². The number of benzene rings is 2. The van der Waals surface area contributed by atoms with Gasteiger partial charge in [0.1, 0.15) is 11.4 Å². The number of carbonyl (C=O) groups is 1. The van der Waals surface area contributed by atoms with E-state index in [0.717, 1.165) is 18.9 Å². The number of nitrogens with zero attached hydrogens (tertiary/aromatic N) is 1. The zero-order chi connectivity index (χ0) is 22.6. The molecule has 0 unspecified atom stereocenters. The van der Waals surface area contributed by atoms with Gasteiger partial charge in [-0.3, -0.25) is 14.3 Å². The van der Waals surface area contributed by atoms with Crippen molar-refractivity contribution >= 4 is 32.5 Å². The average Bonchev–Trinajstić information content (AvgIpc) is 2.75.